The highest BCUT2D eigenvalue weighted by Crippen LogP contribution is 2.23. The van der Waals surface area contributed by atoms with Crippen LogP contribution in [0.1, 0.15) is 60.2 Å². The fourth-order valence-electron chi connectivity index (χ4n) is 2.79. The molecule has 2 atom stereocenters. The number of carbonyl (C=O) groups is 2. The van der Waals surface area contributed by atoms with Crippen molar-refractivity contribution in [3.8, 4) is 11.5 Å². The van der Waals surface area contributed by atoms with Crippen molar-refractivity contribution in [2.45, 2.75) is 49.2 Å². The molecule has 0 fully saturated rings. The average Bonchev–Trinajstić information content (AvgIpc) is 2.79. The quantitative estimate of drug-likeness (QED) is 0.211. The molecule has 162 valence electrons. The Labute approximate surface area is 195 Å². The summed E-state index contributed by atoms with van der Waals surface area (Å²) in [6.07, 6.45) is 2.97. The van der Waals surface area contributed by atoms with Crippen LogP contribution in [0.15, 0.2) is 48.5 Å². The number of benzene rings is 2. The van der Waals surface area contributed by atoms with Gasteiger partial charge in [-0.15, -0.1) is 0 Å². The minimum absolute atomic E-state index is 0.00150. The molecule has 0 N–H and O–H groups in total. The van der Waals surface area contributed by atoms with Gasteiger partial charge in [0.1, 0.15) is 11.5 Å². The summed E-state index contributed by atoms with van der Waals surface area (Å²) in [7, 11) is 0. The third kappa shape index (κ3) is 7.55. The summed E-state index contributed by atoms with van der Waals surface area (Å²) in [6.45, 7) is 5.41. The maximum absolute atomic E-state index is 12.6. The summed E-state index contributed by atoms with van der Waals surface area (Å²) in [4.78, 5) is 24.6. The highest BCUT2D eigenvalue weighted by molar-refractivity contribution is 9.10. The van der Waals surface area contributed by atoms with Gasteiger partial charge in [0.25, 0.3) is 0 Å². The third-order valence-electron chi connectivity index (χ3n) is 4.47. The number of hydrogen-bond donors (Lipinski definition) is 0. The number of Topliss-reactive ketones (excluding diaryl/α,β-unsaturated/α-hetero) is 2. The smallest absolute Gasteiger partial charge is 0.176 e. The van der Waals surface area contributed by atoms with E-state index in [-0.39, 0.29) is 21.2 Å². The van der Waals surface area contributed by atoms with E-state index >= 15 is 0 Å². The first-order valence-corrected chi connectivity index (χ1v) is 12.1. The van der Waals surface area contributed by atoms with Crippen LogP contribution in [0.3, 0.4) is 0 Å². The Morgan fingerprint density at radius 2 is 1.03 bits per heavy atom. The predicted octanol–water partition coefficient (Wildman–Crippen LogP) is 6.64. The molecule has 0 aliphatic heterocycles. The molecule has 2 unspecified atom stereocenters. The van der Waals surface area contributed by atoms with Crippen LogP contribution in [0, 0.1) is 0 Å². The first-order valence-electron chi connectivity index (χ1n) is 10.3. The lowest BCUT2D eigenvalue weighted by Crippen LogP contribution is -2.19. The van der Waals surface area contributed by atoms with Gasteiger partial charge in [-0.2, -0.15) is 0 Å². The van der Waals surface area contributed by atoms with Crippen LogP contribution in [0.25, 0.3) is 0 Å². The van der Waals surface area contributed by atoms with E-state index in [4.69, 9.17) is 9.47 Å². The van der Waals surface area contributed by atoms with E-state index in [0.717, 1.165) is 24.3 Å². The SMILES string of the molecule is CCCOc1ccc(C(=O)C(Br)CCC(Br)C(=O)c2ccc(OCCC)cc2)cc1. The second kappa shape index (κ2) is 12.9. The van der Waals surface area contributed by atoms with E-state index < -0.39 is 0 Å². The number of rotatable bonds is 13. The van der Waals surface area contributed by atoms with Crippen LogP contribution in [0.5, 0.6) is 11.5 Å². The van der Waals surface area contributed by atoms with E-state index in [1.54, 1.807) is 24.3 Å². The molecule has 0 aliphatic rings. The van der Waals surface area contributed by atoms with E-state index in [9.17, 15) is 9.59 Å². The monoisotopic (exact) mass is 538 g/mol. The number of ketones is 2. The highest BCUT2D eigenvalue weighted by Gasteiger charge is 2.22. The molecule has 2 aromatic rings. The molecule has 0 bridgehead atoms. The van der Waals surface area contributed by atoms with Gasteiger partial charge in [-0.1, -0.05) is 45.7 Å². The van der Waals surface area contributed by atoms with E-state index in [2.05, 4.69) is 31.9 Å². The zero-order valence-electron chi connectivity index (χ0n) is 17.4. The Morgan fingerprint density at radius 1 is 0.700 bits per heavy atom. The standard InChI is InChI=1S/C24H28Br2O4/c1-3-15-29-19-9-5-17(6-10-19)23(27)21(25)13-14-22(26)24(28)18-7-11-20(12-8-18)30-16-4-2/h5-12,21-22H,3-4,13-16H2,1-2H3. The Kier molecular flexibility index (Phi) is 10.6. The molecule has 30 heavy (non-hydrogen) atoms. The molecule has 0 radical (unpaired) electrons. The molecular weight excluding hydrogens is 512 g/mol. The van der Waals surface area contributed by atoms with Gasteiger partial charge >= 0.3 is 0 Å². The molecule has 0 spiro atoms. The van der Waals surface area contributed by atoms with Gasteiger partial charge in [0, 0.05) is 11.1 Å². The maximum atomic E-state index is 12.6. The van der Waals surface area contributed by atoms with E-state index in [0.29, 0.717) is 37.2 Å². The van der Waals surface area contributed by atoms with Gasteiger partial charge in [0.2, 0.25) is 0 Å². The first kappa shape index (κ1) is 24.6. The second-order valence-electron chi connectivity index (χ2n) is 6.99. The van der Waals surface area contributed by atoms with Crippen molar-refractivity contribution in [1.82, 2.24) is 0 Å². The maximum Gasteiger partial charge on any atom is 0.176 e. The van der Waals surface area contributed by atoms with Crippen molar-refractivity contribution >= 4 is 43.4 Å². The van der Waals surface area contributed by atoms with Crippen LogP contribution >= 0.6 is 31.9 Å². The number of alkyl halides is 2. The van der Waals surface area contributed by atoms with Gasteiger partial charge < -0.3 is 9.47 Å². The Balaban J connectivity index is 1.85. The number of halogens is 2. The topological polar surface area (TPSA) is 52.6 Å². The lowest BCUT2D eigenvalue weighted by molar-refractivity contribution is 0.0965. The van der Waals surface area contributed by atoms with Gasteiger partial charge in [-0.25, -0.2) is 0 Å². The molecule has 0 saturated carbocycles. The fraction of sp³-hybridized carbons (Fsp3) is 0.417. The Bertz CT molecular complexity index is 733. The molecule has 0 aromatic heterocycles. The Hall–Kier alpha value is -1.66. The van der Waals surface area contributed by atoms with Crippen molar-refractivity contribution in [1.29, 1.82) is 0 Å². The van der Waals surface area contributed by atoms with Crippen molar-refractivity contribution in [3.63, 3.8) is 0 Å². The van der Waals surface area contributed by atoms with Crippen molar-refractivity contribution in [2.75, 3.05) is 13.2 Å². The summed E-state index contributed by atoms with van der Waals surface area (Å²) in [5.74, 6) is 1.52. The van der Waals surface area contributed by atoms with Gasteiger partial charge in [0.05, 0.1) is 22.9 Å². The van der Waals surface area contributed by atoms with Crippen LogP contribution in [0.4, 0.5) is 0 Å². The fourth-order valence-corrected chi connectivity index (χ4v) is 3.84. The summed E-state index contributed by atoms with van der Waals surface area (Å²) in [5.41, 5.74) is 1.25. The largest absolute Gasteiger partial charge is 0.494 e. The summed E-state index contributed by atoms with van der Waals surface area (Å²) in [6, 6.07) is 14.4. The normalized spacial score (nSPS) is 12.8. The minimum Gasteiger partial charge on any atom is -0.494 e. The summed E-state index contributed by atoms with van der Waals surface area (Å²) in [5, 5.41) is 0. The summed E-state index contributed by atoms with van der Waals surface area (Å²) < 4.78 is 11.1. The zero-order valence-corrected chi connectivity index (χ0v) is 20.6. The second-order valence-corrected chi connectivity index (χ2v) is 9.20. The number of ether oxygens (including phenoxy) is 2. The third-order valence-corrected chi connectivity index (χ3v) is 6.21. The van der Waals surface area contributed by atoms with Crippen LogP contribution in [-0.4, -0.2) is 34.4 Å². The van der Waals surface area contributed by atoms with Crippen molar-refractivity contribution < 1.29 is 19.1 Å². The molecule has 0 heterocycles. The molecule has 0 aliphatic carbocycles. The number of hydrogen-bond acceptors (Lipinski definition) is 4. The van der Waals surface area contributed by atoms with Crippen molar-refractivity contribution in [2.24, 2.45) is 0 Å². The average molecular weight is 540 g/mol. The molecule has 0 saturated heterocycles. The summed E-state index contributed by atoms with van der Waals surface area (Å²) >= 11 is 6.96. The highest BCUT2D eigenvalue weighted by atomic mass is 79.9. The van der Waals surface area contributed by atoms with E-state index in [1.165, 1.54) is 0 Å². The predicted molar refractivity (Wildman–Crippen MR) is 128 cm³/mol. The molecule has 2 aromatic carbocycles. The zero-order chi connectivity index (χ0) is 21.9. The lowest BCUT2D eigenvalue weighted by Gasteiger charge is -2.13. The van der Waals surface area contributed by atoms with Crippen LogP contribution in [-0.2, 0) is 0 Å². The van der Waals surface area contributed by atoms with Crippen LogP contribution < -0.4 is 9.47 Å². The van der Waals surface area contributed by atoms with Gasteiger partial charge in [-0.05, 0) is 74.2 Å². The molecule has 4 nitrogen and oxygen atoms in total. The Morgan fingerprint density at radius 3 is 1.33 bits per heavy atom. The van der Waals surface area contributed by atoms with E-state index in [1.807, 2.05) is 38.1 Å². The van der Waals surface area contributed by atoms with Crippen molar-refractivity contribution in [3.05, 3.63) is 59.7 Å². The number of carbonyl (C=O) groups excluding carboxylic acids is 2. The molecule has 0 amide bonds. The van der Waals surface area contributed by atoms with Crippen LogP contribution in [0.2, 0.25) is 0 Å². The molecule has 2 rings (SSSR count). The van der Waals surface area contributed by atoms with Gasteiger partial charge in [0.15, 0.2) is 11.6 Å². The molecular formula is C24H28Br2O4. The van der Waals surface area contributed by atoms with Gasteiger partial charge in [-0.3, -0.25) is 9.59 Å². The molecule has 6 heteroatoms. The minimum atomic E-state index is -0.349. The first-order chi connectivity index (χ1) is 14.5. The lowest BCUT2D eigenvalue weighted by atomic mass is 10.0.